The average Bonchev–Trinajstić information content (AvgIpc) is 2.38. The van der Waals surface area contributed by atoms with Gasteiger partial charge in [0.05, 0.1) is 0 Å². The standard InChI is InChI=1S/C14H15N3O/c1-17(2)14-15-9-12(10-16-14)4-3-11-5-7-13(18)8-6-11/h3-10,18H,1-2H3/b4-3+. The maximum Gasteiger partial charge on any atom is 0.224 e. The monoisotopic (exact) mass is 241 g/mol. The van der Waals surface area contributed by atoms with E-state index in [1.54, 1.807) is 24.5 Å². The molecule has 0 aliphatic carbocycles. The van der Waals surface area contributed by atoms with Crippen molar-refractivity contribution in [1.29, 1.82) is 0 Å². The molecule has 4 nitrogen and oxygen atoms in total. The number of phenolic OH excluding ortho intramolecular Hbond substituents is 1. The lowest BCUT2D eigenvalue weighted by Crippen LogP contribution is -2.12. The van der Waals surface area contributed by atoms with Gasteiger partial charge in [-0.1, -0.05) is 24.3 Å². The molecule has 0 aliphatic rings. The molecule has 4 heteroatoms. The van der Waals surface area contributed by atoms with Crippen LogP contribution in [0.25, 0.3) is 12.2 Å². The normalized spacial score (nSPS) is 10.8. The highest BCUT2D eigenvalue weighted by molar-refractivity contribution is 5.69. The summed E-state index contributed by atoms with van der Waals surface area (Å²) in [5.41, 5.74) is 1.96. The zero-order valence-electron chi connectivity index (χ0n) is 10.4. The summed E-state index contributed by atoms with van der Waals surface area (Å²) in [5.74, 6) is 0.961. The highest BCUT2D eigenvalue weighted by Gasteiger charge is 1.96. The molecular formula is C14H15N3O. The van der Waals surface area contributed by atoms with Crippen molar-refractivity contribution >= 4 is 18.1 Å². The average molecular weight is 241 g/mol. The van der Waals surface area contributed by atoms with Gasteiger partial charge < -0.3 is 10.0 Å². The molecule has 0 saturated carbocycles. The SMILES string of the molecule is CN(C)c1ncc(/C=C/c2ccc(O)cc2)cn1. The van der Waals surface area contributed by atoms with Crippen molar-refractivity contribution in [3.8, 4) is 5.75 Å². The van der Waals surface area contributed by atoms with Gasteiger partial charge in [-0.15, -0.1) is 0 Å². The topological polar surface area (TPSA) is 49.2 Å². The Morgan fingerprint density at radius 3 is 2.06 bits per heavy atom. The van der Waals surface area contributed by atoms with Crippen LogP contribution in [-0.2, 0) is 0 Å². The predicted octanol–water partition coefficient (Wildman–Crippen LogP) is 2.42. The van der Waals surface area contributed by atoms with Crippen LogP contribution in [0, 0.1) is 0 Å². The number of aromatic nitrogens is 2. The van der Waals surface area contributed by atoms with Crippen LogP contribution in [0.15, 0.2) is 36.7 Å². The van der Waals surface area contributed by atoms with Gasteiger partial charge in [0.2, 0.25) is 5.95 Å². The third kappa shape index (κ3) is 3.07. The van der Waals surface area contributed by atoms with Crippen LogP contribution in [-0.4, -0.2) is 29.2 Å². The molecule has 0 atom stereocenters. The quantitative estimate of drug-likeness (QED) is 0.896. The molecule has 18 heavy (non-hydrogen) atoms. The lowest BCUT2D eigenvalue weighted by molar-refractivity contribution is 0.475. The van der Waals surface area contributed by atoms with E-state index in [1.807, 2.05) is 43.3 Å². The van der Waals surface area contributed by atoms with E-state index in [1.165, 1.54) is 0 Å². The van der Waals surface area contributed by atoms with Gasteiger partial charge in [0, 0.05) is 32.1 Å². The number of hydrogen-bond donors (Lipinski definition) is 1. The Hall–Kier alpha value is -2.36. The summed E-state index contributed by atoms with van der Waals surface area (Å²) in [6.45, 7) is 0. The number of nitrogens with zero attached hydrogens (tertiary/aromatic N) is 3. The summed E-state index contributed by atoms with van der Waals surface area (Å²) in [6, 6.07) is 7.01. The number of rotatable bonds is 3. The molecular weight excluding hydrogens is 226 g/mol. The highest BCUT2D eigenvalue weighted by Crippen LogP contribution is 2.12. The number of phenols is 1. The molecule has 92 valence electrons. The first-order chi connectivity index (χ1) is 8.65. The molecule has 1 aromatic carbocycles. The summed E-state index contributed by atoms with van der Waals surface area (Å²) in [6.07, 6.45) is 7.44. The Kier molecular flexibility index (Phi) is 3.57. The molecule has 0 bridgehead atoms. The van der Waals surface area contributed by atoms with Crippen molar-refractivity contribution < 1.29 is 5.11 Å². The molecule has 0 fully saturated rings. The minimum absolute atomic E-state index is 0.269. The minimum atomic E-state index is 0.269. The number of aromatic hydroxyl groups is 1. The van der Waals surface area contributed by atoms with E-state index in [9.17, 15) is 5.11 Å². The Labute approximate surface area is 106 Å². The molecule has 0 spiro atoms. The highest BCUT2D eigenvalue weighted by atomic mass is 16.3. The van der Waals surface area contributed by atoms with Crippen LogP contribution in [0.1, 0.15) is 11.1 Å². The molecule has 0 unspecified atom stereocenters. The van der Waals surface area contributed by atoms with Crippen molar-refractivity contribution in [3.63, 3.8) is 0 Å². The van der Waals surface area contributed by atoms with Crippen LogP contribution >= 0.6 is 0 Å². The molecule has 1 heterocycles. The first kappa shape index (κ1) is 12.1. The molecule has 1 N–H and O–H groups in total. The van der Waals surface area contributed by atoms with Crippen LogP contribution in [0.3, 0.4) is 0 Å². The van der Waals surface area contributed by atoms with Gasteiger partial charge in [-0.05, 0) is 17.7 Å². The zero-order chi connectivity index (χ0) is 13.0. The van der Waals surface area contributed by atoms with E-state index in [2.05, 4.69) is 9.97 Å². The summed E-state index contributed by atoms with van der Waals surface area (Å²) < 4.78 is 0. The number of hydrogen-bond acceptors (Lipinski definition) is 4. The second kappa shape index (κ2) is 5.31. The van der Waals surface area contributed by atoms with Gasteiger partial charge in [-0.2, -0.15) is 0 Å². The third-order valence-electron chi connectivity index (χ3n) is 2.42. The van der Waals surface area contributed by atoms with E-state index in [0.29, 0.717) is 5.95 Å². The summed E-state index contributed by atoms with van der Waals surface area (Å²) in [4.78, 5) is 10.3. The summed E-state index contributed by atoms with van der Waals surface area (Å²) >= 11 is 0. The van der Waals surface area contributed by atoms with Crippen molar-refractivity contribution in [2.75, 3.05) is 19.0 Å². The van der Waals surface area contributed by atoms with Crippen molar-refractivity contribution in [1.82, 2.24) is 9.97 Å². The largest absolute Gasteiger partial charge is 0.508 e. The molecule has 0 amide bonds. The minimum Gasteiger partial charge on any atom is -0.508 e. The van der Waals surface area contributed by atoms with Gasteiger partial charge in [0.15, 0.2) is 0 Å². The molecule has 0 radical (unpaired) electrons. The maximum atomic E-state index is 9.18. The fourth-order valence-electron chi connectivity index (χ4n) is 1.43. The van der Waals surface area contributed by atoms with Gasteiger partial charge in [0.25, 0.3) is 0 Å². The van der Waals surface area contributed by atoms with Gasteiger partial charge in [-0.3, -0.25) is 0 Å². The lowest BCUT2D eigenvalue weighted by atomic mass is 10.2. The van der Waals surface area contributed by atoms with E-state index >= 15 is 0 Å². The van der Waals surface area contributed by atoms with Gasteiger partial charge >= 0.3 is 0 Å². The van der Waals surface area contributed by atoms with Gasteiger partial charge in [0.1, 0.15) is 5.75 Å². The fraction of sp³-hybridized carbons (Fsp3) is 0.143. The van der Waals surface area contributed by atoms with Crippen LogP contribution in [0.4, 0.5) is 5.95 Å². The van der Waals surface area contributed by atoms with Gasteiger partial charge in [-0.25, -0.2) is 9.97 Å². The van der Waals surface area contributed by atoms with Crippen LogP contribution in [0.2, 0.25) is 0 Å². The number of benzene rings is 1. The molecule has 1 aromatic heterocycles. The maximum absolute atomic E-state index is 9.18. The van der Waals surface area contributed by atoms with E-state index in [0.717, 1.165) is 11.1 Å². The lowest BCUT2D eigenvalue weighted by Gasteiger charge is -2.08. The molecule has 2 rings (SSSR count). The Morgan fingerprint density at radius 1 is 0.944 bits per heavy atom. The second-order valence-electron chi connectivity index (χ2n) is 4.14. The molecule has 0 saturated heterocycles. The Balaban J connectivity index is 2.11. The summed E-state index contributed by atoms with van der Waals surface area (Å²) in [7, 11) is 3.81. The molecule has 2 aromatic rings. The second-order valence-corrected chi connectivity index (χ2v) is 4.14. The predicted molar refractivity (Wildman–Crippen MR) is 73.4 cm³/mol. The summed E-state index contributed by atoms with van der Waals surface area (Å²) in [5, 5.41) is 9.18. The van der Waals surface area contributed by atoms with Crippen molar-refractivity contribution in [2.24, 2.45) is 0 Å². The first-order valence-electron chi connectivity index (χ1n) is 5.61. The molecule has 0 aliphatic heterocycles. The smallest absolute Gasteiger partial charge is 0.224 e. The third-order valence-corrected chi connectivity index (χ3v) is 2.42. The first-order valence-corrected chi connectivity index (χ1v) is 5.61. The van der Waals surface area contributed by atoms with E-state index in [4.69, 9.17) is 0 Å². The van der Waals surface area contributed by atoms with Crippen LogP contribution < -0.4 is 4.90 Å². The Bertz CT molecular complexity index is 530. The van der Waals surface area contributed by atoms with Crippen molar-refractivity contribution in [2.45, 2.75) is 0 Å². The Morgan fingerprint density at radius 2 is 1.50 bits per heavy atom. The zero-order valence-corrected chi connectivity index (χ0v) is 10.4. The number of anilines is 1. The van der Waals surface area contributed by atoms with Crippen LogP contribution in [0.5, 0.6) is 5.75 Å². The van der Waals surface area contributed by atoms with Crippen molar-refractivity contribution in [3.05, 3.63) is 47.8 Å². The van der Waals surface area contributed by atoms with E-state index < -0.39 is 0 Å². The van der Waals surface area contributed by atoms with E-state index in [-0.39, 0.29) is 5.75 Å². The fourth-order valence-corrected chi connectivity index (χ4v) is 1.43.